The highest BCUT2D eigenvalue weighted by molar-refractivity contribution is 5.85. The van der Waals surface area contributed by atoms with Crippen molar-refractivity contribution >= 4 is 18.5 Å². The molecule has 2 aliphatic rings. The van der Waals surface area contributed by atoms with E-state index in [4.69, 9.17) is 10.5 Å². The standard InChI is InChI=1S/C12H22N2O2.ClH/c1-11(2,3)16-10(15)14-6-4-12(5-7-14)8-9(12)13;/h9H,4-8,13H2,1-3H3;1H/t9-;/m1./s1. The van der Waals surface area contributed by atoms with Crippen molar-refractivity contribution in [3.8, 4) is 0 Å². The summed E-state index contributed by atoms with van der Waals surface area (Å²) in [6.45, 7) is 7.28. The lowest BCUT2D eigenvalue weighted by atomic mass is 9.93. The number of nitrogens with zero attached hydrogens (tertiary/aromatic N) is 1. The van der Waals surface area contributed by atoms with E-state index in [9.17, 15) is 4.79 Å². The molecule has 2 N–H and O–H groups in total. The molecule has 1 saturated carbocycles. The van der Waals surface area contributed by atoms with Gasteiger partial charge in [-0.15, -0.1) is 12.4 Å². The second kappa shape index (κ2) is 4.65. The molecule has 0 aromatic rings. The van der Waals surface area contributed by atoms with Gasteiger partial charge < -0.3 is 15.4 Å². The molecule has 4 nitrogen and oxygen atoms in total. The predicted molar refractivity (Wildman–Crippen MR) is 69.3 cm³/mol. The molecule has 2 rings (SSSR count). The van der Waals surface area contributed by atoms with E-state index in [1.54, 1.807) is 0 Å². The maximum absolute atomic E-state index is 11.8. The van der Waals surface area contributed by atoms with Crippen LogP contribution in [0.1, 0.15) is 40.0 Å². The number of carbonyl (C=O) groups excluding carboxylic acids is 1. The fourth-order valence-corrected chi connectivity index (χ4v) is 2.42. The Balaban J connectivity index is 0.00000144. The molecule has 5 heteroatoms. The van der Waals surface area contributed by atoms with Gasteiger partial charge in [-0.2, -0.15) is 0 Å². The summed E-state index contributed by atoms with van der Waals surface area (Å²) in [5.74, 6) is 0. The third-order valence-electron chi connectivity index (χ3n) is 3.66. The van der Waals surface area contributed by atoms with Gasteiger partial charge in [-0.25, -0.2) is 4.79 Å². The maximum Gasteiger partial charge on any atom is 0.410 e. The SMILES string of the molecule is CC(C)(C)OC(=O)N1CCC2(CC1)C[C@H]2N.Cl. The monoisotopic (exact) mass is 262 g/mol. The van der Waals surface area contributed by atoms with Crippen molar-refractivity contribution in [3.05, 3.63) is 0 Å². The molecule has 100 valence electrons. The molecular weight excluding hydrogens is 240 g/mol. The largest absolute Gasteiger partial charge is 0.444 e. The molecule has 1 heterocycles. The van der Waals surface area contributed by atoms with Crippen LogP contribution in [-0.2, 0) is 4.74 Å². The van der Waals surface area contributed by atoms with Crippen molar-refractivity contribution < 1.29 is 9.53 Å². The second-order valence-electron chi connectivity index (χ2n) is 6.14. The fourth-order valence-electron chi connectivity index (χ4n) is 2.42. The molecule has 0 aromatic heterocycles. The Morgan fingerprint density at radius 2 is 1.82 bits per heavy atom. The first-order valence-corrected chi connectivity index (χ1v) is 6.06. The number of ether oxygens (including phenoxy) is 1. The quantitative estimate of drug-likeness (QED) is 0.728. The van der Waals surface area contributed by atoms with Crippen molar-refractivity contribution in [3.63, 3.8) is 0 Å². The molecule has 0 unspecified atom stereocenters. The van der Waals surface area contributed by atoms with Crippen LogP contribution >= 0.6 is 12.4 Å². The second-order valence-corrected chi connectivity index (χ2v) is 6.14. The van der Waals surface area contributed by atoms with Gasteiger partial charge in [0.15, 0.2) is 0 Å². The Bertz CT molecular complexity index is 293. The van der Waals surface area contributed by atoms with E-state index in [0.29, 0.717) is 11.5 Å². The van der Waals surface area contributed by atoms with E-state index in [1.165, 1.54) is 0 Å². The Morgan fingerprint density at radius 1 is 1.35 bits per heavy atom. The van der Waals surface area contributed by atoms with Gasteiger partial charge >= 0.3 is 6.09 Å². The number of nitrogens with two attached hydrogens (primary N) is 1. The van der Waals surface area contributed by atoms with Gasteiger partial charge in [-0.3, -0.25) is 0 Å². The minimum absolute atomic E-state index is 0. The summed E-state index contributed by atoms with van der Waals surface area (Å²) >= 11 is 0. The first-order chi connectivity index (χ1) is 7.32. The predicted octanol–water partition coefficient (Wildman–Crippen LogP) is 2.16. The zero-order valence-corrected chi connectivity index (χ0v) is 11.7. The topological polar surface area (TPSA) is 55.6 Å². The third-order valence-corrected chi connectivity index (χ3v) is 3.66. The van der Waals surface area contributed by atoms with Gasteiger partial charge in [0.2, 0.25) is 0 Å². The molecule has 0 radical (unpaired) electrons. The van der Waals surface area contributed by atoms with Gasteiger partial charge in [0.25, 0.3) is 0 Å². The molecule has 1 spiro atoms. The van der Waals surface area contributed by atoms with Crippen molar-refractivity contribution in [1.29, 1.82) is 0 Å². The zero-order chi connectivity index (χ0) is 12.0. The number of rotatable bonds is 0. The number of piperidine rings is 1. The van der Waals surface area contributed by atoms with Crippen molar-refractivity contribution in [1.82, 2.24) is 4.90 Å². The highest BCUT2D eigenvalue weighted by atomic mass is 35.5. The lowest BCUT2D eigenvalue weighted by molar-refractivity contribution is 0.0170. The normalized spacial score (nSPS) is 26.4. The number of halogens is 1. The highest BCUT2D eigenvalue weighted by Gasteiger charge is 2.53. The van der Waals surface area contributed by atoms with E-state index in [-0.39, 0.29) is 18.5 Å². The van der Waals surface area contributed by atoms with E-state index in [0.717, 1.165) is 32.4 Å². The van der Waals surface area contributed by atoms with Crippen LogP contribution in [0.3, 0.4) is 0 Å². The highest BCUT2D eigenvalue weighted by Crippen LogP contribution is 2.52. The molecular formula is C12H23ClN2O2. The van der Waals surface area contributed by atoms with Gasteiger partial charge in [0, 0.05) is 19.1 Å². The Morgan fingerprint density at radius 3 is 2.18 bits per heavy atom. The lowest BCUT2D eigenvalue weighted by Crippen LogP contribution is -2.43. The summed E-state index contributed by atoms with van der Waals surface area (Å²) in [5, 5.41) is 0. The molecule has 17 heavy (non-hydrogen) atoms. The van der Waals surface area contributed by atoms with Crippen molar-refractivity contribution in [2.24, 2.45) is 11.1 Å². The maximum atomic E-state index is 11.8. The van der Waals surface area contributed by atoms with Crippen LogP contribution in [-0.4, -0.2) is 35.7 Å². The Kier molecular flexibility index (Phi) is 3.99. The Labute approximate surface area is 109 Å². The summed E-state index contributed by atoms with van der Waals surface area (Å²) in [6, 6.07) is 0.369. The first-order valence-electron chi connectivity index (χ1n) is 6.06. The minimum atomic E-state index is -0.401. The van der Waals surface area contributed by atoms with Crippen LogP contribution in [0.2, 0.25) is 0 Å². The van der Waals surface area contributed by atoms with Crippen molar-refractivity contribution in [2.75, 3.05) is 13.1 Å². The summed E-state index contributed by atoms with van der Waals surface area (Å²) in [7, 11) is 0. The average molecular weight is 263 g/mol. The van der Waals surface area contributed by atoms with Crippen LogP contribution < -0.4 is 5.73 Å². The molecule has 1 saturated heterocycles. The molecule has 1 aliphatic carbocycles. The molecule has 1 amide bonds. The summed E-state index contributed by atoms with van der Waals surface area (Å²) in [6.07, 6.45) is 3.02. The van der Waals surface area contributed by atoms with Crippen LogP contribution in [0.25, 0.3) is 0 Å². The van der Waals surface area contributed by atoms with Crippen LogP contribution in [0.5, 0.6) is 0 Å². The molecule has 1 aliphatic heterocycles. The van der Waals surface area contributed by atoms with Crippen LogP contribution in [0.4, 0.5) is 4.79 Å². The Hall–Kier alpha value is -0.480. The van der Waals surface area contributed by atoms with Gasteiger partial charge in [0.1, 0.15) is 5.60 Å². The molecule has 2 fully saturated rings. The summed E-state index contributed by atoms with van der Waals surface area (Å²) in [5.41, 5.74) is 5.88. The van der Waals surface area contributed by atoms with Crippen molar-refractivity contribution in [2.45, 2.75) is 51.7 Å². The number of amides is 1. The van der Waals surface area contributed by atoms with E-state index in [1.807, 2.05) is 25.7 Å². The van der Waals surface area contributed by atoms with E-state index in [2.05, 4.69) is 0 Å². The first kappa shape index (κ1) is 14.6. The lowest BCUT2D eigenvalue weighted by Gasteiger charge is -2.33. The number of carbonyl (C=O) groups is 1. The summed E-state index contributed by atoms with van der Waals surface area (Å²) in [4.78, 5) is 13.6. The fraction of sp³-hybridized carbons (Fsp3) is 0.917. The van der Waals surface area contributed by atoms with Gasteiger partial charge in [-0.05, 0) is 45.4 Å². The van der Waals surface area contributed by atoms with Crippen LogP contribution in [0, 0.1) is 5.41 Å². The minimum Gasteiger partial charge on any atom is -0.444 e. The van der Waals surface area contributed by atoms with Gasteiger partial charge in [-0.1, -0.05) is 0 Å². The molecule has 0 aromatic carbocycles. The average Bonchev–Trinajstić information content (AvgIpc) is 2.74. The number of hydrogen-bond donors (Lipinski definition) is 1. The van der Waals surface area contributed by atoms with E-state index < -0.39 is 5.60 Å². The van der Waals surface area contributed by atoms with E-state index >= 15 is 0 Å². The molecule has 0 bridgehead atoms. The number of hydrogen-bond acceptors (Lipinski definition) is 3. The van der Waals surface area contributed by atoms with Crippen LogP contribution in [0.15, 0.2) is 0 Å². The van der Waals surface area contributed by atoms with Gasteiger partial charge in [0.05, 0.1) is 0 Å². The smallest absolute Gasteiger partial charge is 0.410 e. The zero-order valence-electron chi connectivity index (χ0n) is 10.9. The third kappa shape index (κ3) is 3.26. The summed E-state index contributed by atoms with van der Waals surface area (Å²) < 4.78 is 5.35. The molecule has 1 atom stereocenters. The number of likely N-dealkylation sites (tertiary alicyclic amines) is 1.